The van der Waals surface area contributed by atoms with Gasteiger partial charge in [-0.15, -0.1) is 10.2 Å². The normalized spacial score (nSPS) is 12.9. The lowest BCUT2D eigenvalue weighted by Gasteiger charge is -2.16. The summed E-state index contributed by atoms with van der Waals surface area (Å²) >= 11 is 6.73. The summed E-state index contributed by atoms with van der Waals surface area (Å²) in [5.74, 6) is -0.571. The molecule has 0 aliphatic carbocycles. The molecular formula is C14H14ClF3N4OS. The van der Waals surface area contributed by atoms with E-state index in [1.54, 1.807) is 11.5 Å². The molecule has 0 bridgehead atoms. The summed E-state index contributed by atoms with van der Waals surface area (Å²) in [5, 5.41) is 9.73. The number of alkyl halides is 3. The van der Waals surface area contributed by atoms with Crippen LogP contribution >= 0.6 is 23.4 Å². The number of aryl methyl sites for hydroxylation is 1. The van der Waals surface area contributed by atoms with Crippen molar-refractivity contribution in [2.75, 3.05) is 5.32 Å². The number of amides is 1. The van der Waals surface area contributed by atoms with Crippen LogP contribution in [0.15, 0.2) is 29.7 Å². The number of hydrogen-bond acceptors (Lipinski definition) is 4. The lowest BCUT2D eigenvalue weighted by Crippen LogP contribution is -2.24. The van der Waals surface area contributed by atoms with Crippen LogP contribution in [0.25, 0.3) is 0 Å². The Kier molecular flexibility index (Phi) is 5.76. The van der Waals surface area contributed by atoms with Gasteiger partial charge in [-0.2, -0.15) is 13.2 Å². The SMILES string of the molecule is CCn1cnnc1SC(C)C(=O)Nc1ccc(Cl)cc1C(F)(F)F. The summed E-state index contributed by atoms with van der Waals surface area (Å²) in [6.45, 7) is 4.10. The molecule has 0 aliphatic rings. The molecule has 0 aliphatic heterocycles. The highest BCUT2D eigenvalue weighted by Gasteiger charge is 2.34. The van der Waals surface area contributed by atoms with Crippen LogP contribution in [0.5, 0.6) is 0 Å². The Bertz CT molecular complexity index is 735. The molecule has 5 nitrogen and oxygen atoms in total. The van der Waals surface area contributed by atoms with Gasteiger partial charge in [-0.25, -0.2) is 0 Å². The van der Waals surface area contributed by atoms with Gasteiger partial charge in [-0.3, -0.25) is 4.79 Å². The third-order valence-electron chi connectivity index (χ3n) is 3.12. The van der Waals surface area contributed by atoms with Crippen LogP contribution in [0.4, 0.5) is 18.9 Å². The van der Waals surface area contributed by atoms with Gasteiger partial charge in [-0.05, 0) is 32.0 Å². The minimum Gasteiger partial charge on any atom is -0.325 e. The van der Waals surface area contributed by atoms with Gasteiger partial charge in [-0.1, -0.05) is 23.4 Å². The molecule has 0 saturated heterocycles. The van der Waals surface area contributed by atoms with Gasteiger partial charge in [0.1, 0.15) is 6.33 Å². The molecule has 0 saturated carbocycles. The fourth-order valence-corrected chi connectivity index (χ4v) is 2.92. The molecule has 1 aromatic heterocycles. The second-order valence-corrected chi connectivity index (χ2v) is 6.58. The van der Waals surface area contributed by atoms with Gasteiger partial charge in [0.05, 0.1) is 16.5 Å². The summed E-state index contributed by atoms with van der Waals surface area (Å²) < 4.78 is 40.9. The van der Waals surface area contributed by atoms with Crippen molar-refractivity contribution in [2.24, 2.45) is 0 Å². The van der Waals surface area contributed by atoms with E-state index < -0.39 is 22.9 Å². The van der Waals surface area contributed by atoms with Crippen molar-refractivity contribution in [3.05, 3.63) is 35.1 Å². The number of nitrogens with one attached hydrogen (secondary N) is 1. The van der Waals surface area contributed by atoms with Crippen LogP contribution in [0, 0.1) is 0 Å². The molecule has 0 fully saturated rings. The molecule has 1 heterocycles. The number of halogens is 4. The molecule has 24 heavy (non-hydrogen) atoms. The topological polar surface area (TPSA) is 59.8 Å². The molecule has 1 amide bonds. The monoisotopic (exact) mass is 378 g/mol. The quantitative estimate of drug-likeness (QED) is 0.796. The molecule has 2 rings (SSSR count). The van der Waals surface area contributed by atoms with Crippen LogP contribution in [0.1, 0.15) is 19.4 Å². The highest BCUT2D eigenvalue weighted by Crippen LogP contribution is 2.36. The van der Waals surface area contributed by atoms with E-state index in [4.69, 9.17) is 11.6 Å². The number of carbonyl (C=O) groups excluding carboxylic acids is 1. The van der Waals surface area contributed by atoms with E-state index in [-0.39, 0.29) is 10.7 Å². The highest BCUT2D eigenvalue weighted by atomic mass is 35.5. The van der Waals surface area contributed by atoms with Crippen molar-refractivity contribution in [1.29, 1.82) is 0 Å². The highest BCUT2D eigenvalue weighted by molar-refractivity contribution is 8.00. The van der Waals surface area contributed by atoms with Crippen LogP contribution in [0.3, 0.4) is 0 Å². The average Bonchev–Trinajstić information content (AvgIpc) is 2.95. The van der Waals surface area contributed by atoms with Crippen LogP contribution in [0.2, 0.25) is 5.02 Å². The smallest absolute Gasteiger partial charge is 0.325 e. The summed E-state index contributed by atoms with van der Waals surface area (Å²) in [6.07, 6.45) is -3.10. The first-order valence-electron chi connectivity index (χ1n) is 6.94. The van der Waals surface area contributed by atoms with Gasteiger partial charge in [0.2, 0.25) is 5.91 Å². The third-order valence-corrected chi connectivity index (χ3v) is 4.45. The number of anilines is 1. The van der Waals surface area contributed by atoms with Crippen molar-refractivity contribution in [3.8, 4) is 0 Å². The zero-order chi connectivity index (χ0) is 17.9. The van der Waals surface area contributed by atoms with E-state index in [1.165, 1.54) is 12.4 Å². The minimum absolute atomic E-state index is 0.0567. The Morgan fingerprint density at radius 3 is 2.79 bits per heavy atom. The lowest BCUT2D eigenvalue weighted by molar-refractivity contribution is -0.137. The maximum atomic E-state index is 13.0. The number of hydrogen-bond donors (Lipinski definition) is 1. The molecule has 1 aromatic carbocycles. The molecule has 0 radical (unpaired) electrons. The predicted octanol–water partition coefficient (Wildman–Crippen LogP) is 4.09. The van der Waals surface area contributed by atoms with Gasteiger partial charge in [0.15, 0.2) is 5.16 Å². The van der Waals surface area contributed by atoms with E-state index in [2.05, 4.69) is 15.5 Å². The predicted molar refractivity (Wildman–Crippen MR) is 86.1 cm³/mol. The maximum absolute atomic E-state index is 13.0. The van der Waals surface area contributed by atoms with E-state index in [0.717, 1.165) is 23.9 Å². The standard InChI is InChI=1S/C14H14ClF3N4OS/c1-3-22-7-19-21-13(22)24-8(2)12(23)20-11-5-4-9(15)6-10(11)14(16,17)18/h4-8H,3H2,1-2H3,(H,20,23). The number of benzene rings is 1. The number of carbonyl (C=O) groups is 1. The lowest BCUT2D eigenvalue weighted by atomic mass is 10.1. The molecule has 1 unspecified atom stereocenters. The van der Waals surface area contributed by atoms with Crippen LogP contribution in [-0.2, 0) is 17.5 Å². The molecule has 1 N–H and O–H groups in total. The average molecular weight is 379 g/mol. The van der Waals surface area contributed by atoms with Crippen molar-refractivity contribution >= 4 is 35.0 Å². The fraction of sp³-hybridized carbons (Fsp3) is 0.357. The Balaban J connectivity index is 2.15. The number of rotatable bonds is 5. The first-order valence-corrected chi connectivity index (χ1v) is 8.20. The Morgan fingerprint density at radius 2 is 2.17 bits per heavy atom. The number of thioether (sulfide) groups is 1. The molecule has 0 spiro atoms. The number of nitrogens with zero attached hydrogens (tertiary/aromatic N) is 3. The van der Waals surface area contributed by atoms with E-state index in [9.17, 15) is 18.0 Å². The zero-order valence-electron chi connectivity index (χ0n) is 12.8. The third kappa shape index (κ3) is 4.41. The van der Waals surface area contributed by atoms with E-state index in [1.807, 2.05) is 6.92 Å². The minimum atomic E-state index is -4.62. The first-order chi connectivity index (χ1) is 11.2. The van der Waals surface area contributed by atoms with Gasteiger partial charge in [0, 0.05) is 11.6 Å². The van der Waals surface area contributed by atoms with Crippen molar-refractivity contribution in [2.45, 2.75) is 37.0 Å². The fourth-order valence-electron chi connectivity index (χ4n) is 1.86. The number of aromatic nitrogens is 3. The van der Waals surface area contributed by atoms with Crippen molar-refractivity contribution < 1.29 is 18.0 Å². The second kappa shape index (κ2) is 7.43. The molecule has 130 valence electrons. The van der Waals surface area contributed by atoms with Crippen LogP contribution < -0.4 is 5.32 Å². The summed E-state index contributed by atoms with van der Waals surface area (Å²) in [6, 6.07) is 3.20. The van der Waals surface area contributed by atoms with Gasteiger partial charge < -0.3 is 9.88 Å². The Hall–Kier alpha value is -1.74. The van der Waals surface area contributed by atoms with E-state index >= 15 is 0 Å². The summed E-state index contributed by atoms with van der Waals surface area (Å²) in [5.41, 5.74) is -1.32. The first kappa shape index (κ1) is 18.6. The molecule has 2 aromatic rings. The molecule has 1 atom stereocenters. The van der Waals surface area contributed by atoms with E-state index in [0.29, 0.717) is 11.7 Å². The summed E-state index contributed by atoms with van der Waals surface area (Å²) in [4.78, 5) is 12.2. The van der Waals surface area contributed by atoms with Gasteiger partial charge in [0.25, 0.3) is 0 Å². The van der Waals surface area contributed by atoms with Crippen molar-refractivity contribution in [3.63, 3.8) is 0 Å². The maximum Gasteiger partial charge on any atom is 0.418 e. The van der Waals surface area contributed by atoms with Crippen molar-refractivity contribution in [1.82, 2.24) is 14.8 Å². The van der Waals surface area contributed by atoms with Crippen LogP contribution in [-0.4, -0.2) is 25.9 Å². The molecule has 10 heteroatoms. The van der Waals surface area contributed by atoms with Gasteiger partial charge >= 0.3 is 6.18 Å². The zero-order valence-corrected chi connectivity index (χ0v) is 14.3. The Labute approximate surface area is 145 Å². The largest absolute Gasteiger partial charge is 0.418 e. The second-order valence-electron chi connectivity index (χ2n) is 4.84. The molecular weight excluding hydrogens is 365 g/mol. The summed E-state index contributed by atoms with van der Waals surface area (Å²) in [7, 11) is 0. The Morgan fingerprint density at radius 1 is 1.46 bits per heavy atom.